The minimum atomic E-state index is -0.880. The van der Waals surface area contributed by atoms with Gasteiger partial charge < -0.3 is 14.6 Å². The predicted octanol–water partition coefficient (Wildman–Crippen LogP) is 1.62. The van der Waals surface area contributed by atoms with Crippen LogP contribution in [0.4, 0.5) is 0 Å². The lowest BCUT2D eigenvalue weighted by Crippen LogP contribution is -2.43. The van der Waals surface area contributed by atoms with E-state index in [-0.39, 0.29) is 0 Å². The van der Waals surface area contributed by atoms with Crippen LogP contribution in [-0.4, -0.2) is 58.7 Å². The third-order valence-electron chi connectivity index (χ3n) is 4.33. The highest BCUT2D eigenvalue weighted by Crippen LogP contribution is 2.21. The van der Waals surface area contributed by atoms with E-state index in [2.05, 4.69) is 29.0 Å². The van der Waals surface area contributed by atoms with Crippen molar-refractivity contribution in [3.05, 3.63) is 35.5 Å². The number of likely N-dealkylation sites (N-methyl/N-ethyl adjacent to an activating group) is 1. The Balaban J connectivity index is 1.82. The maximum absolute atomic E-state index is 11.2. The molecule has 5 heteroatoms. The van der Waals surface area contributed by atoms with E-state index in [1.165, 1.54) is 5.56 Å². The molecule has 0 unspecified atom stereocenters. The molecule has 1 N–H and O–H groups in total. The number of nitrogens with zero attached hydrogens (tertiary/aromatic N) is 3. The number of hydrogen-bond donors (Lipinski definition) is 1. The van der Waals surface area contributed by atoms with Gasteiger partial charge in [-0.05, 0) is 30.8 Å². The van der Waals surface area contributed by atoms with Gasteiger partial charge in [-0.2, -0.15) is 0 Å². The normalized spacial score (nSPS) is 17.4. The van der Waals surface area contributed by atoms with Crippen LogP contribution in [0.15, 0.2) is 24.3 Å². The number of piperazine rings is 1. The van der Waals surface area contributed by atoms with Crippen molar-refractivity contribution in [3.63, 3.8) is 0 Å². The molecule has 0 spiro atoms. The van der Waals surface area contributed by atoms with Crippen molar-refractivity contribution in [2.45, 2.75) is 6.54 Å². The molecular weight excluding hydrogens is 266 g/mol. The Bertz CT molecular complexity index is 669. The lowest BCUT2D eigenvalue weighted by atomic mass is 10.1. The fraction of sp³-hybridized carbons (Fsp3) is 0.438. The first-order chi connectivity index (χ1) is 10.0. The van der Waals surface area contributed by atoms with E-state index < -0.39 is 5.97 Å². The van der Waals surface area contributed by atoms with Gasteiger partial charge in [0.1, 0.15) is 5.69 Å². The molecule has 0 saturated carbocycles. The number of rotatable bonds is 3. The van der Waals surface area contributed by atoms with E-state index in [4.69, 9.17) is 0 Å². The first-order valence-corrected chi connectivity index (χ1v) is 7.27. The van der Waals surface area contributed by atoms with Crippen molar-refractivity contribution in [1.29, 1.82) is 0 Å². The summed E-state index contributed by atoms with van der Waals surface area (Å²) in [7, 11) is 3.95. The minimum Gasteiger partial charge on any atom is -0.477 e. The smallest absolute Gasteiger partial charge is 0.352 e. The second-order valence-corrected chi connectivity index (χ2v) is 5.87. The fourth-order valence-corrected chi connectivity index (χ4v) is 2.97. The molecule has 2 heterocycles. The molecule has 21 heavy (non-hydrogen) atoms. The monoisotopic (exact) mass is 287 g/mol. The Hall–Kier alpha value is -1.85. The van der Waals surface area contributed by atoms with E-state index in [1.54, 1.807) is 17.7 Å². The molecule has 3 rings (SSSR count). The molecule has 0 atom stereocenters. The molecule has 0 amide bonds. The predicted molar refractivity (Wildman–Crippen MR) is 82.7 cm³/mol. The SMILES string of the molecule is CN1CCN(Cc2ccc3c(c2)cc(C(=O)O)n3C)CC1. The standard InChI is InChI=1S/C16H21N3O2/c1-17-5-7-19(8-6-17)11-12-3-4-14-13(9-12)10-15(16(20)21)18(14)2/h3-4,9-10H,5-8,11H2,1-2H3,(H,20,21). The van der Waals surface area contributed by atoms with Crippen LogP contribution >= 0.6 is 0 Å². The van der Waals surface area contributed by atoms with Crippen LogP contribution in [0.5, 0.6) is 0 Å². The summed E-state index contributed by atoms with van der Waals surface area (Å²) in [5.74, 6) is -0.880. The van der Waals surface area contributed by atoms with Gasteiger partial charge in [-0.15, -0.1) is 0 Å². The van der Waals surface area contributed by atoms with Gasteiger partial charge in [0.25, 0.3) is 0 Å². The Morgan fingerprint density at radius 1 is 1.14 bits per heavy atom. The molecule has 112 valence electrons. The summed E-state index contributed by atoms with van der Waals surface area (Å²) >= 11 is 0. The van der Waals surface area contributed by atoms with Crippen LogP contribution in [0.3, 0.4) is 0 Å². The van der Waals surface area contributed by atoms with Gasteiger partial charge >= 0.3 is 5.97 Å². The molecule has 0 bridgehead atoms. The minimum absolute atomic E-state index is 0.335. The van der Waals surface area contributed by atoms with Crippen molar-refractivity contribution in [3.8, 4) is 0 Å². The lowest BCUT2D eigenvalue weighted by Gasteiger charge is -2.32. The summed E-state index contributed by atoms with van der Waals surface area (Å²) in [5.41, 5.74) is 2.55. The molecule has 0 radical (unpaired) electrons. The topological polar surface area (TPSA) is 48.7 Å². The summed E-state index contributed by atoms with van der Waals surface area (Å²) in [6, 6.07) is 7.99. The first kappa shape index (κ1) is 14.1. The van der Waals surface area contributed by atoms with Crippen LogP contribution < -0.4 is 0 Å². The number of benzene rings is 1. The first-order valence-electron chi connectivity index (χ1n) is 7.27. The second kappa shape index (κ2) is 5.50. The number of aromatic carboxylic acids is 1. The largest absolute Gasteiger partial charge is 0.477 e. The van der Waals surface area contributed by atoms with Crippen molar-refractivity contribution in [2.24, 2.45) is 7.05 Å². The maximum Gasteiger partial charge on any atom is 0.352 e. The molecule has 1 aliphatic rings. The van der Waals surface area contributed by atoms with Crippen molar-refractivity contribution in [1.82, 2.24) is 14.4 Å². The molecule has 5 nitrogen and oxygen atoms in total. The third-order valence-corrected chi connectivity index (χ3v) is 4.33. The average molecular weight is 287 g/mol. The molecule has 0 aliphatic carbocycles. The van der Waals surface area contributed by atoms with Crippen molar-refractivity contribution >= 4 is 16.9 Å². The van der Waals surface area contributed by atoms with Crippen LogP contribution in [0, 0.1) is 0 Å². The quantitative estimate of drug-likeness (QED) is 0.932. The Morgan fingerprint density at radius 3 is 2.52 bits per heavy atom. The molecule has 1 aliphatic heterocycles. The lowest BCUT2D eigenvalue weighted by molar-refractivity contribution is 0.0687. The number of aromatic nitrogens is 1. The van der Waals surface area contributed by atoms with E-state index in [1.807, 2.05) is 6.07 Å². The van der Waals surface area contributed by atoms with Gasteiger partial charge in [0.15, 0.2) is 0 Å². The number of carbonyl (C=O) groups is 1. The summed E-state index contributed by atoms with van der Waals surface area (Å²) in [5, 5.41) is 10.2. The van der Waals surface area contributed by atoms with E-state index >= 15 is 0 Å². The number of fused-ring (bicyclic) bond motifs is 1. The molecule has 1 fully saturated rings. The van der Waals surface area contributed by atoms with Crippen LogP contribution in [-0.2, 0) is 13.6 Å². The molecular formula is C16H21N3O2. The zero-order chi connectivity index (χ0) is 15.0. The molecule has 1 saturated heterocycles. The summed E-state index contributed by atoms with van der Waals surface area (Å²) in [6.07, 6.45) is 0. The zero-order valence-corrected chi connectivity index (χ0v) is 12.5. The van der Waals surface area contributed by atoms with E-state index in [0.29, 0.717) is 5.69 Å². The van der Waals surface area contributed by atoms with Crippen LogP contribution in [0.2, 0.25) is 0 Å². The number of aryl methyl sites for hydroxylation is 1. The molecule has 1 aromatic carbocycles. The van der Waals surface area contributed by atoms with Gasteiger partial charge in [0.05, 0.1) is 0 Å². The van der Waals surface area contributed by atoms with Gasteiger partial charge in [-0.25, -0.2) is 4.79 Å². The highest BCUT2D eigenvalue weighted by Gasteiger charge is 2.15. The Morgan fingerprint density at radius 2 is 1.86 bits per heavy atom. The van der Waals surface area contributed by atoms with Crippen molar-refractivity contribution < 1.29 is 9.90 Å². The molecule has 2 aromatic rings. The maximum atomic E-state index is 11.2. The number of hydrogen-bond acceptors (Lipinski definition) is 3. The second-order valence-electron chi connectivity index (χ2n) is 5.87. The number of carboxylic acid groups (broad SMARTS) is 1. The Kier molecular flexibility index (Phi) is 3.69. The highest BCUT2D eigenvalue weighted by atomic mass is 16.4. The number of carboxylic acids is 1. The summed E-state index contributed by atoms with van der Waals surface area (Å²) in [6.45, 7) is 5.32. The van der Waals surface area contributed by atoms with Crippen LogP contribution in [0.1, 0.15) is 16.1 Å². The molecule has 1 aromatic heterocycles. The summed E-state index contributed by atoms with van der Waals surface area (Å²) in [4.78, 5) is 16.0. The highest BCUT2D eigenvalue weighted by molar-refractivity contribution is 5.94. The average Bonchev–Trinajstić information content (AvgIpc) is 2.78. The van der Waals surface area contributed by atoms with Gasteiger partial charge in [0, 0.05) is 50.7 Å². The third kappa shape index (κ3) is 2.80. The van der Waals surface area contributed by atoms with Gasteiger partial charge in [-0.1, -0.05) is 6.07 Å². The summed E-state index contributed by atoms with van der Waals surface area (Å²) < 4.78 is 1.73. The zero-order valence-electron chi connectivity index (χ0n) is 12.5. The van der Waals surface area contributed by atoms with Crippen LogP contribution in [0.25, 0.3) is 10.9 Å². The van der Waals surface area contributed by atoms with E-state index in [9.17, 15) is 9.90 Å². The van der Waals surface area contributed by atoms with Gasteiger partial charge in [-0.3, -0.25) is 4.90 Å². The van der Waals surface area contributed by atoms with E-state index in [0.717, 1.165) is 43.6 Å². The Labute approximate surface area is 124 Å². The van der Waals surface area contributed by atoms with Gasteiger partial charge in [0.2, 0.25) is 0 Å². The van der Waals surface area contributed by atoms with Crippen molar-refractivity contribution in [2.75, 3.05) is 33.2 Å². The fourth-order valence-electron chi connectivity index (χ4n) is 2.97.